The molecule has 1 aromatic carbocycles. The molecule has 2 aliphatic heterocycles. The number of piperidine rings is 1. The van der Waals surface area contributed by atoms with E-state index in [1.165, 1.54) is 4.90 Å². The van der Waals surface area contributed by atoms with Gasteiger partial charge in [-0.25, -0.2) is 4.79 Å². The van der Waals surface area contributed by atoms with Crippen LogP contribution in [0, 0.1) is 0 Å². The third kappa shape index (κ3) is 5.17. The van der Waals surface area contributed by atoms with Crippen molar-refractivity contribution in [3.63, 3.8) is 0 Å². The predicted molar refractivity (Wildman–Crippen MR) is 115 cm³/mol. The highest BCUT2D eigenvalue weighted by atomic mass is 79.9. The summed E-state index contributed by atoms with van der Waals surface area (Å²) in [5.74, 6) is -0.559. The van der Waals surface area contributed by atoms with Crippen LogP contribution in [0.15, 0.2) is 22.7 Å². The second kappa shape index (κ2) is 8.07. The summed E-state index contributed by atoms with van der Waals surface area (Å²) in [7, 11) is 0. The van der Waals surface area contributed by atoms with Gasteiger partial charge in [-0.05, 0) is 65.2 Å². The summed E-state index contributed by atoms with van der Waals surface area (Å²) >= 11 is 3.33. The molecule has 3 N–H and O–H groups in total. The molecule has 158 valence electrons. The Kier molecular flexibility index (Phi) is 6.06. The van der Waals surface area contributed by atoms with Crippen molar-refractivity contribution in [2.45, 2.75) is 64.1 Å². The lowest BCUT2D eigenvalue weighted by Gasteiger charge is -2.46. The highest BCUT2D eigenvalue weighted by Crippen LogP contribution is 2.28. The summed E-state index contributed by atoms with van der Waals surface area (Å²) in [4.78, 5) is 38.4. The Morgan fingerprint density at radius 3 is 2.41 bits per heavy atom. The van der Waals surface area contributed by atoms with Crippen molar-refractivity contribution in [1.29, 1.82) is 0 Å². The minimum atomic E-state index is -0.282. The van der Waals surface area contributed by atoms with Crippen LogP contribution < -0.4 is 16.0 Å². The molecule has 0 radical (unpaired) electrons. The molecular formula is C21H29BrN4O3. The maximum Gasteiger partial charge on any atom is 0.315 e. The number of fused-ring (bicyclic) bond motifs is 1. The molecule has 0 unspecified atom stereocenters. The van der Waals surface area contributed by atoms with Crippen molar-refractivity contribution in [2.75, 3.05) is 13.1 Å². The van der Waals surface area contributed by atoms with E-state index in [9.17, 15) is 14.4 Å². The van der Waals surface area contributed by atoms with Gasteiger partial charge in [-0.1, -0.05) is 15.9 Å². The minimum absolute atomic E-state index is 0.0415. The van der Waals surface area contributed by atoms with Crippen LogP contribution in [0.25, 0.3) is 0 Å². The topological polar surface area (TPSA) is 90.5 Å². The van der Waals surface area contributed by atoms with Crippen LogP contribution >= 0.6 is 15.9 Å². The van der Waals surface area contributed by atoms with Crippen LogP contribution in [-0.2, 0) is 0 Å². The van der Waals surface area contributed by atoms with Gasteiger partial charge in [0.15, 0.2) is 0 Å². The minimum Gasteiger partial charge on any atom is -0.338 e. The van der Waals surface area contributed by atoms with E-state index in [0.29, 0.717) is 24.1 Å². The molecule has 2 heterocycles. The smallest absolute Gasteiger partial charge is 0.315 e. The SMILES string of the molecule is CC1(C)CC(NC(=O)NCCCN2C(=O)c3ccc(Br)cc3C2=O)CC(C)(C)N1. The monoisotopic (exact) mass is 464 g/mol. The maximum atomic E-state index is 12.5. The summed E-state index contributed by atoms with van der Waals surface area (Å²) in [5, 5.41) is 9.49. The Bertz CT molecular complexity index is 821. The molecular weight excluding hydrogens is 436 g/mol. The fourth-order valence-electron chi connectivity index (χ4n) is 4.57. The molecule has 4 amide bonds. The predicted octanol–water partition coefficient (Wildman–Crippen LogP) is 3.04. The number of hydrogen-bond acceptors (Lipinski definition) is 4. The van der Waals surface area contributed by atoms with Crippen molar-refractivity contribution in [1.82, 2.24) is 20.9 Å². The zero-order valence-corrected chi connectivity index (χ0v) is 19.0. The van der Waals surface area contributed by atoms with Gasteiger partial charge in [-0.2, -0.15) is 0 Å². The molecule has 0 bridgehead atoms. The Hall–Kier alpha value is -1.93. The quantitative estimate of drug-likeness (QED) is 0.461. The summed E-state index contributed by atoms with van der Waals surface area (Å²) in [6.07, 6.45) is 2.21. The van der Waals surface area contributed by atoms with E-state index in [1.54, 1.807) is 18.2 Å². The van der Waals surface area contributed by atoms with Crippen LogP contribution in [-0.4, -0.2) is 53.0 Å². The van der Waals surface area contributed by atoms with Crippen molar-refractivity contribution in [3.8, 4) is 0 Å². The maximum absolute atomic E-state index is 12.5. The number of halogens is 1. The van der Waals surface area contributed by atoms with Crippen LogP contribution in [0.5, 0.6) is 0 Å². The normalized spacial score (nSPS) is 20.5. The number of carbonyl (C=O) groups excluding carboxylic acids is 3. The lowest BCUT2D eigenvalue weighted by molar-refractivity contribution is 0.0653. The molecule has 29 heavy (non-hydrogen) atoms. The molecule has 0 aliphatic carbocycles. The lowest BCUT2D eigenvalue weighted by Crippen LogP contribution is -2.62. The van der Waals surface area contributed by atoms with E-state index in [-0.39, 0.29) is 41.5 Å². The van der Waals surface area contributed by atoms with Crippen molar-refractivity contribution in [3.05, 3.63) is 33.8 Å². The number of benzene rings is 1. The third-order valence-electron chi connectivity index (χ3n) is 5.30. The first kappa shape index (κ1) is 21.8. The standard InChI is InChI=1S/C21H29BrN4O3/c1-20(2)11-14(12-21(3,4)25-20)24-19(29)23-8-5-9-26-17(27)15-7-6-13(22)10-16(15)18(26)28/h6-7,10,14,25H,5,8-9,11-12H2,1-4H3,(H2,23,24,29). The van der Waals surface area contributed by atoms with Gasteiger partial charge in [-0.3, -0.25) is 14.5 Å². The number of rotatable bonds is 5. The van der Waals surface area contributed by atoms with E-state index in [2.05, 4.69) is 59.6 Å². The molecule has 3 rings (SSSR count). The number of hydrogen-bond donors (Lipinski definition) is 3. The molecule has 0 aromatic heterocycles. The molecule has 8 heteroatoms. The second-order valence-electron chi connectivity index (χ2n) is 9.20. The first-order valence-corrected chi connectivity index (χ1v) is 10.8. The van der Waals surface area contributed by atoms with Gasteiger partial charge in [0.1, 0.15) is 0 Å². The first-order valence-electron chi connectivity index (χ1n) is 9.97. The van der Waals surface area contributed by atoms with E-state index >= 15 is 0 Å². The zero-order valence-electron chi connectivity index (χ0n) is 17.4. The second-order valence-corrected chi connectivity index (χ2v) is 10.1. The number of amides is 4. The van der Waals surface area contributed by atoms with Gasteiger partial charge in [0.25, 0.3) is 11.8 Å². The number of nitrogens with zero attached hydrogens (tertiary/aromatic N) is 1. The zero-order chi connectivity index (χ0) is 21.4. The largest absolute Gasteiger partial charge is 0.338 e. The van der Waals surface area contributed by atoms with Gasteiger partial charge >= 0.3 is 6.03 Å². The third-order valence-corrected chi connectivity index (χ3v) is 5.80. The fourth-order valence-corrected chi connectivity index (χ4v) is 4.93. The van der Waals surface area contributed by atoms with Gasteiger partial charge in [0.05, 0.1) is 11.1 Å². The summed E-state index contributed by atoms with van der Waals surface area (Å²) in [6, 6.07) is 4.96. The van der Waals surface area contributed by atoms with Gasteiger partial charge in [0.2, 0.25) is 0 Å². The number of urea groups is 1. The molecule has 0 atom stereocenters. The van der Waals surface area contributed by atoms with Crippen molar-refractivity contribution >= 4 is 33.8 Å². The summed E-state index contributed by atoms with van der Waals surface area (Å²) in [5.41, 5.74) is 0.770. The fraction of sp³-hybridized carbons (Fsp3) is 0.571. The van der Waals surface area contributed by atoms with E-state index in [0.717, 1.165) is 17.3 Å². The molecule has 1 fully saturated rings. The van der Waals surface area contributed by atoms with Crippen molar-refractivity contribution in [2.24, 2.45) is 0 Å². The van der Waals surface area contributed by atoms with Crippen molar-refractivity contribution < 1.29 is 14.4 Å². The van der Waals surface area contributed by atoms with Crippen LogP contribution in [0.4, 0.5) is 4.79 Å². The lowest BCUT2D eigenvalue weighted by atomic mass is 9.80. The number of carbonyl (C=O) groups is 3. The summed E-state index contributed by atoms with van der Waals surface area (Å²) < 4.78 is 0.766. The molecule has 0 spiro atoms. The Morgan fingerprint density at radius 1 is 1.14 bits per heavy atom. The van der Waals surface area contributed by atoms with Gasteiger partial charge < -0.3 is 16.0 Å². The molecule has 1 saturated heterocycles. The Labute approximate surface area is 180 Å². The Balaban J connectivity index is 1.45. The van der Waals surface area contributed by atoms with E-state index < -0.39 is 0 Å². The van der Waals surface area contributed by atoms with Gasteiger partial charge in [-0.15, -0.1) is 0 Å². The van der Waals surface area contributed by atoms with E-state index in [1.807, 2.05) is 0 Å². The Morgan fingerprint density at radius 2 is 1.76 bits per heavy atom. The average Bonchev–Trinajstić information content (AvgIpc) is 2.79. The van der Waals surface area contributed by atoms with Gasteiger partial charge in [0, 0.05) is 34.7 Å². The highest BCUT2D eigenvalue weighted by molar-refractivity contribution is 9.10. The summed E-state index contributed by atoms with van der Waals surface area (Å²) in [6.45, 7) is 9.23. The number of imide groups is 1. The number of nitrogens with one attached hydrogen (secondary N) is 3. The molecule has 0 saturated carbocycles. The van der Waals surface area contributed by atoms with Crippen LogP contribution in [0.3, 0.4) is 0 Å². The first-order chi connectivity index (χ1) is 13.5. The average molecular weight is 465 g/mol. The molecule has 2 aliphatic rings. The van der Waals surface area contributed by atoms with Crippen LogP contribution in [0.1, 0.15) is 67.7 Å². The molecule has 1 aromatic rings. The highest BCUT2D eigenvalue weighted by Gasteiger charge is 2.38. The van der Waals surface area contributed by atoms with E-state index in [4.69, 9.17) is 0 Å². The molecule has 7 nitrogen and oxygen atoms in total. The van der Waals surface area contributed by atoms with Crippen LogP contribution in [0.2, 0.25) is 0 Å².